The number of esters is 1. The van der Waals surface area contributed by atoms with E-state index in [1.807, 2.05) is 42.6 Å². The first-order valence-electron chi connectivity index (χ1n) is 9.80. The molecule has 2 unspecified atom stereocenters. The number of thiophene rings is 1. The van der Waals surface area contributed by atoms with Crippen LogP contribution in [0.15, 0.2) is 40.8 Å². The van der Waals surface area contributed by atoms with Gasteiger partial charge in [-0.2, -0.15) is 5.10 Å². The van der Waals surface area contributed by atoms with Crippen molar-refractivity contribution >= 4 is 28.9 Å². The van der Waals surface area contributed by atoms with Gasteiger partial charge in [-0.1, -0.05) is 26.0 Å². The van der Waals surface area contributed by atoms with Gasteiger partial charge in [0.15, 0.2) is 18.1 Å². The summed E-state index contributed by atoms with van der Waals surface area (Å²) in [5, 5.41) is 7.97. The van der Waals surface area contributed by atoms with Crippen molar-refractivity contribution in [2.24, 2.45) is 11.0 Å². The van der Waals surface area contributed by atoms with Gasteiger partial charge in [-0.05, 0) is 35.6 Å². The lowest BCUT2D eigenvalue weighted by Gasteiger charge is -2.23. The number of carbonyl (C=O) groups excluding carboxylic acids is 2. The maximum Gasteiger partial charge on any atom is 0.309 e. The highest BCUT2D eigenvalue weighted by molar-refractivity contribution is 7.12. The normalized spacial score (nSPS) is 16.7. The first kappa shape index (κ1) is 21.8. The van der Waals surface area contributed by atoms with E-state index >= 15 is 0 Å². The molecule has 7 nitrogen and oxygen atoms in total. The smallest absolute Gasteiger partial charge is 0.309 e. The maximum absolute atomic E-state index is 12.9. The molecule has 1 aliphatic heterocycles. The topological polar surface area (TPSA) is 77.4 Å². The molecular formula is C22H26N2O5S. The lowest BCUT2D eigenvalue weighted by molar-refractivity contribution is -0.155. The quantitative estimate of drug-likeness (QED) is 0.591. The lowest BCUT2D eigenvalue weighted by Crippen LogP contribution is -2.32. The van der Waals surface area contributed by atoms with E-state index < -0.39 is 0 Å². The number of nitrogens with zero attached hydrogens (tertiary/aromatic N) is 2. The second-order valence-electron chi connectivity index (χ2n) is 7.01. The van der Waals surface area contributed by atoms with E-state index in [1.165, 1.54) is 5.01 Å². The highest BCUT2D eigenvalue weighted by Crippen LogP contribution is 2.37. The Balaban J connectivity index is 1.85. The molecule has 0 N–H and O–H groups in total. The molecule has 0 aliphatic carbocycles. The van der Waals surface area contributed by atoms with Crippen LogP contribution in [-0.2, 0) is 14.3 Å². The van der Waals surface area contributed by atoms with Crippen molar-refractivity contribution in [1.82, 2.24) is 5.01 Å². The van der Waals surface area contributed by atoms with Crippen LogP contribution in [0.4, 0.5) is 0 Å². The van der Waals surface area contributed by atoms with E-state index in [-0.39, 0.29) is 30.4 Å². The van der Waals surface area contributed by atoms with Crippen LogP contribution in [0.25, 0.3) is 0 Å². The number of hydrazone groups is 1. The fourth-order valence-electron chi connectivity index (χ4n) is 3.16. The van der Waals surface area contributed by atoms with Crippen LogP contribution in [0, 0.1) is 5.92 Å². The first-order valence-corrected chi connectivity index (χ1v) is 10.7. The zero-order chi connectivity index (χ0) is 21.7. The Kier molecular flexibility index (Phi) is 7.10. The highest BCUT2D eigenvalue weighted by atomic mass is 32.1. The number of amides is 1. The molecule has 0 saturated carbocycles. The van der Waals surface area contributed by atoms with Crippen molar-refractivity contribution in [3.63, 3.8) is 0 Å². The van der Waals surface area contributed by atoms with Gasteiger partial charge in [0.2, 0.25) is 0 Å². The van der Waals surface area contributed by atoms with Crippen LogP contribution in [0.1, 0.15) is 43.2 Å². The van der Waals surface area contributed by atoms with E-state index in [0.29, 0.717) is 24.3 Å². The minimum Gasteiger partial charge on any atom is -0.493 e. The molecule has 2 atom stereocenters. The van der Waals surface area contributed by atoms with E-state index in [9.17, 15) is 9.59 Å². The Labute approximate surface area is 180 Å². The molecule has 2 aromatic rings. The SMILES string of the molecule is CCC(C)C(=O)OCC(=O)N1N=C(c2cccs2)CC1c1ccc(OC)c(OC)c1. The molecule has 1 aromatic heterocycles. The molecule has 3 rings (SSSR count). The Morgan fingerprint density at radius 1 is 1.23 bits per heavy atom. The molecule has 1 aliphatic rings. The molecule has 8 heteroatoms. The van der Waals surface area contributed by atoms with Crippen LogP contribution < -0.4 is 9.47 Å². The average Bonchev–Trinajstić information content (AvgIpc) is 3.46. The number of ether oxygens (including phenoxy) is 3. The van der Waals surface area contributed by atoms with Gasteiger partial charge in [0.1, 0.15) is 0 Å². The van der Waals surface area contributed by atoms with Crippen molar-refractivity contribution in [3.05, 3.63) is 46.2 Å². The Hall–Kier alpha value is -2.87. The summed E-state index contributed by atoms with van der Waals surface area (Å²) in [4.78, 5) is 25.9. The Morgan fingerprint density at radius 2 is 2.00 bits per heavy atom. The number of hydrogen-bond acceptors (Lipinski definition) is 7. The molecule has 0 fully saturated rings. The van der Waals surface area contributed by atoms with E-state index in [0.717, 1.165) is 16.2 Å². The fraction of sp³-hybridized carbons (Fsp3) is 0.409. The molecule has 1 aromatic carbocycles. The largest absolute Gasteiger partial charge is 0.493 e. The third-order valence-corrected chi connectivity index (χ3v) is 6.04. The molecule has 0 spiro atoms. The van der Waals surface area contributed by atoms with Gasteiger partial charge in [-0.3, -0.25) is 9.59 Å². The summed E-state index contributed by atoms with van der Waals surface area (Å²) in [5.74, 6) is 0.200. The maximum atomic E-state index is 12.9. The van der Waals surface area contributed by atoms with Gasteiger partial charge in [0.05, 0.1) is 36.8 Å². The van der Waals surface area contributed by atoms with Gasteiger partial charge in [0, 0.05) is 6.42 Å². The third-order valence-electron chi connectivity index (χ3n) is 5.12. The van der Waals surface area contributed by atoms with Crippen molar-refractivity contribution in [2.75, 3.05) is 20.8 Å². The van der Waals surface area contributed by atoms with Crippen molar-refractivity contribution in [2.45, 2.75) is 32.7 Å². The average molecular weight is 431 g/mol. The van der Waals surface area contributed by atoms with E-state index in [1.54, 1.807) is 32.5 Å². The third kappa shape index (κ3) is 4.64. The van der Waals surface area contributed by atoms with Gasteiger partial charge < -0.3 is 14.2 Å². The van der Waals surface area contributed by atoms with Gasteiger partial charge in [-0.15, -0.1) is 11.3 Å². The van der Waals surface area contributed by atoms with Crippen LogP contribution >= 0.6 is 11.3 Å². The van der Waals surface area contributed by atoms with Crippen LogP contribution in [0.5, 0.6) is 11.5 Å². The second-order valence-corrected chi connectivity index (χ2v) is 7.96. The summed E-state index contributed by atoms with van der Waals surface area (Å²) < 4.78 is 16.0. The summed E-state index contributed by atoms with van der Waals surface area (Å²) in [5.41, 5.74) is 1.69. The molecular weight excluding hydrogens is 404 g/mol. The number of hydrogen-bond donors (Lipinski definition) is 0. The molecule has 30 heavy (non-hydrogen) atoms. The van der Waals surface area contributed by atoms with E-state index in [2.05, 4.69) is 5.10 Å². The summed E-state index contributed by atoms with van der Waals surface area (Å²) in [6.07, 6.45) is 1.22. The predicted octanol–water partition coefficient (Wildman–Crippen LogP) is 4.03. The number of benzene rings is 1. The van der Waals surface area contributed by atoms with E-state index in [4.69, 9.17) is 14.2 Å². The number of methoxy groups -OCH3 is 2. The number of carbonyl (C=O) groups is 2. The van der Waals surface area contributed by atoms with Crippen LogP contribution in [0.3, 0.4) is 0 Å². The molecule has 2 heterocycles. The fourth-order valence-corrected chi connectivity index (χ4v) is 3.88. The summed E-state index contributed by atoms with van der Waals surface area (Å²) in [6.45, 7) is 3.34. The summed E-state index contributed by atoms with van der Waals surface area (Å²) in [6, 6.07) is 9.16. The monoisotopic (exact) mass is 430 g/mol. The molecule has 0 radical (unpaired) electrons. The Bertz CT molecular complexity index is 926. The van der Waals surface area contributed by atoms with Gasteiger partial charge in [0.25, 0.3) is 5.91 Å². The van der Waals surface area contributed by atoms with Gasteiger partial charge >= 0.3 is 5.97 Å². The summed E-state index contributed by atoms with van der Waals surface area (Å²) in [7, 11) is 3.15. The first-order chi connectivity index (χ1) is 14.5. The lowest BCUT2D eigenvalue weighted by atomic mass is 10.0. The van der Waals surface area contributed by atoms with Gasteiger partial charge in [-0.25, -0.2) is 5.01 Å². The zero-order valence-electron chi connectivity index (χ0n) is 17.6. The second kappa shape index (κ2) is 9.75. The standard InChI is InChI=1S/C22H26N2O5S/c1-5-14(2)22(26)29-13-21(25)24-17(12-16(23-24)20-7-6-10-30-20)15-8-9-18(27-3)19(11-15)28-4/h6-11,14,17H,5,12-13H2,1-4H3. The van der Waals surface area contributed by atoms with Crippen LogP contribution in [-0.4, -0.2) is 43.4 Å². The minimum atomic E-state index is -0.379. The van der Waals surface area contributed by atoms with Crippen molar-refractivity contribution in [3.8, 4) is 11.5 Å². The zero-order valence-corrected chi connectivity index (χ0v) is 18.4. The van der Waals surface area contributed by atoms with Crippen molar-refractivity contribution < 1.29 is 23.8 Å². The number of rotatable bonds is 8. The summed E-state index contributed by atoms with van der Waals surface area (Å²) >= 11 is 1.57. The Morgan fingerprint density at radius 3 is 2.63 bits per heavy atom. The van der Waals surface area contributed by atoms with Crippen molar-refractivity contribution in [1.29, 1.82) is 0 Å². The minimum absolute atomic E-state index is 0.247. The highest BCUT2D eigenvalue weighted by Gasteiger charge is 2.34. The molecule has 0 saturated heterocycles. The van der Waals surface area contributed by atoms with Crippen LogP contribution in [0.2, 0.25) is 0 Å². The molecule has 160 valence electrons. The predicted molar refractivity (Wildman–Crippen MR) is 115 cm³/mol. The molecule has 0 bridgehead atoms. The molecule has 1 amide bonds.